The van der Waals surface area contributed by atoms with Crippen LogP contribution in [0.5, 0.6) is 0 Å². The van der Waals surface area contributed by atoms with E-state index in [1.807, 2.05) is 4.90 Å². The van der Waals surface area contributed by atoms with Gasteiger partial charge in [0, 0.05) is 38.9 Å². The van der Waals surface area contributed by atoms with Gasteiger partial charge in [0.1, 0.15) is 11.6 Å². The van der Waals surface area contributed by atoms with Crippen molar-refractivity contribution in [2.75, 3.05) is 13.1 Å². The molecule has 1 aromatic rings. The molecule has 0 unspecified atom stereocenters. The zero-order valence-corrected chi connectivity index (χ0v) is 10.2. The summed E-state index contributed by atoms with van der Waals surface area (Å²) in [5.74, 6) is 2.98. The van der Waals surface area contributed by atoms with Gasteiger partial charge in [-0.2, -0.15) is 0 Å². The van der Waals surface area contributed by atoms with Gasteiger partial charge in [0.05, 0.1) is 0 Å². The quantitative estimate of drug-likeness (QED) is 0.727. The summed E-state index contributed by atoms with van der Waals surface area (Å²) < 4.78 is 2.29. The molecular weight excluding hydrogens is 216 g/mol. The molecule has 0 bridgehead atoms. The first-order valence-electron chi connectivity index (χ1n) is 6.43. The van der Waals surface area contributed by atoms with Crippen molar-refractivity contribution < 1.29 is 4.79 Å². The zero-order chi connectivity index (χ0) is 11.8. The van der Waals surface area contributed by atoms with Crippen molar-refractivity contribution in [1.29, 1.82) is 0 Å². The Labute approximate surface area is 101 Å². The second-order valence-electron chi connectivity index (χ2n) is 5.01. The number of fused-ring (bicyclic) bond motifs is 1. The van der Waals surface area contributed by atoms with Crippen molar-refractivity contribution >= 4 is 5.91 Å². The lowest BCUT2D eigenvalue weighted by atomic mass is 9.96. The Balaban J connectivity index is 1.72. The minimum absolute atomic E-state index is 0.190. The van der Waals surface area contributed by atoms with E-state index in [2.05, 4.69) is 14.8 Å². The Morgan fingerprint density at radius 2 is 2.00 bits per heavy atom. The van der Waals surface area contributed by atoms with Gasteiger partial charge in [-0.15, -0.1) is 10.2 Å². The second-order valence-corrected chi connectivity index (χ2v) is 5.01. The molecule has 3 rings (SSSR count). The summed E-state index contributed by atoms with van der Waals surface area (Å²) in [5.41, 5.74) is 0. The van der Waals surface area contributed by atoms with Crippen LogP contribution in [0, 0.1) is 0 Å². The zero-order valence-electron chi connectivity index (χ0n) is 10.2. The van der Waals surface area contributed by atoms with Crippen LogP contribution in [0.15, 0.2) is 0 Å². The van der Waals surface area contributed by atoms with Crippen LogP contribution in [0.4, 0.5) is 0 Å². The Morgan fingerprint density at radius 1 is 1.24 bits per heavy atom. The number of piperidine rings is 1. The Kier molecular flexibility index (Phi) is 2.61. The third-order valence-corrected chi connectivity index (χ3v) is 3.94. The summed E-state index contributed by atoms with van der Waals surface area (Å²) >= 11 is 0. The lowest BCUT2D eigenvalue weighted by Crippen LogP contribution is -2.36. The average molecular weight is 234 g/mol. The average Bonchev–Trinajstić information content (AvgIpc) is 2.90. The number of aromatic nitrogens is 3. The molecule has 2 aliphatic rings. The van der Waals surface area contributed by atoms with E-state index in [-0.39, 0.29) is 5.91 Å². The van der Waals surface area contributed by atoms with Gasteiger partial charge in [0.2, 0.25) is 5.91 Å². The van der Waals surface area contributed by atoms with Crippen molar-refractivity contribution in [2.45, 2.75) is 45.1 Å². The molecule has 0 spiro atoms. The number of aryl methyl sites for hydroxylation is 1. The minimum Gasteiger partial charge on any atom is -0.343 e. The summed E-state index contributed by atoms with van der Waals surface area (Å²) in [6.45, 7) is 4.45. The van der Waals surface area contributed by atoms with Crippen molar-refractivity contribution in [1.82, 2.24) is 19.7 Å². The molecule has 5 nitrogen and oxygen atoms in total. The molecule has 0 radical (unpaired) electrons. The van der Waals surface area contributed by atoms with Gasteiger partial charge in [-0.25, -0.2) is 0 Å². The fraction of sp³-hybridized carbons (Fsp3) is 0.750. The number of hydrogen-bond donors (Lipinski definition) is 0. The molecule has 3 heterocycles. The van der Waals surface area contributed by atoms with Crippen molar-refractivity contribution in [2.24, 2.45) is 0 Å². The summed E-state index contributed by atoms with van der Waals surface area (Å²) in [6.07, 6.45) is 4.32. The van der Waals surface area contributed by atoms with Gasteiger partial charge in [0.25, 0.3) is 0 Å². The topological polar surface area (TPSA) is 51.0 Å². The smallest absolute Gasteiger partial charge is 0.219 e. The first-order valence-corrected chi connectivity index (χ1v) is 6.43. The van der Waals surface area contributed by atoms with Crippen molar-refractivity contribution in [3.63, 3.8) is 0 Å². The SMILES string of the molecule is CC(=O)N1CCC(c2nnc3n2CCC3)CC1. The lowest BCUT2D eigenvalue weighted by molar-refractivity contribution is -0.129. The predicted molar refractivity (Wildman–Crippen MR) is 62.6 cm³/mol. The molecule has 5 heteroatoms. The fourth-order valence-corrected chi connectivity index (χ4v) is 2.93. The third kappa shape index (κ3) is 1.83. The van der Waals surface area contributed by atoms with E-state index < -0.39 is 0 Å². The first-order chi connectivity index (χ1) is 8.25. The van der Waals surface area contributed by atoms with Crippen LogP contribution in [0.2, 0.25) is 0 Å². The van der Waals surface area contributed by atoms with Crippen molar-refractivity contribution in [3.05, 3.63) is 11.6 Å². The monoisotopic (exact) mass is 234 g/mol. The van der Waals surface area contributed by atoms with Gasteiger partial charge < -0.3 is 9.47 Å². The number of nitrogens with zero attached hydrogens (tertiary/aromatic N) is 4. The van der Waals surface area contributed by atoms with E-state index in [1.54, 1.807) is 6.92 Å². The summed E-state index contributed by atoms with van der Waals surface area (Å²) in [5, 5.41) is 8.60. The number of likely N-dealkylation sites (tertiary alicyclic amines) is 1. The lowest BCUT2D eigenvalue weighted by Gasteiger charge is -2.30. The minimum atomic E-state index is 0.190. The molecule has 0 saturated carbocycles. The summed E-state index contributed by atoms with van der Waals surface area (Å²) in [6, 6.07) is 0. The number of carbonyl (C=O) groups excluding carboxylic acids is 1. The van der Waals surface area contributed by atoms with Crippen LogP contribution >= 0.6 is 0 Å². The number of carbonyl (C=O) groups is 1. The molecule has 0 N–H and O–H groups in total. The molecule has 1 fully saturated rings. The summed E-state index contributed by atoms with van der Waals surface area (Å²) in [4.78, 5) is 13.2. The number of rotatable bonds is 1. The largest absolute Gasteiger partial charge is 0.343 e. The first kappa shape index (κ1) is 10.7. The highest BCUT2D eigenvalue weighted by atomic mass is 16.2. The molecule has 1 aromatic heterocycles. The molecule has 0 aliphatic carbocycles. The predicted octanol–water partition coefficient (Wildman–Crippen LogP) is 0.950. The van der Waals surface area contributed by atoms with E-state index in [9.17, 15) is 4.79 Å². The third-order valence-electron chi connectivity index (χ3n) is 3.94. The van der Waals surface area contributed by atoms with E-state index in [0.29, 0.717) is 5.92 Å². The molecule has 0 aromatic carbocycles. The van der Waals surface area contributed by atoms with Crippen molar-refractivity contribution in [3.8, 4) is 0 Å². The second kappa shape index (κ2) is 4.13. The van der Waals surface area contributed by atoms with Crippen LogP contribution < -0.4 is 0 Å². The fourth-order valence-electron chi connectivity index (χ4n) is 2.93. The normalized spacial score (nSPS) is 20.6. The number of hydrogen-bond acceptors (Lipinski definition) is 3. The van der Waals surface area contributed by atoms with E-state index >= 15 is 0 Å². The standard InChI is InChI=1S/C12H18N4O/c1-9(17)15-7-4-10(5-8-15)12-14-13-11-3-2-6-16(11)12/h10H,2-8H2,1H3. The molecule has 1 saturated heterocycles. The maximum absolute atomic E-state index is 11.3. The van der Waals surface area contributed by atoms with Crippen LogP contribution in [0.25, 0.3) is 0 Å². The molecule has 0 atom stereocenters. The van der Waals surface area contributed by atoms with Crippen LogP contribution in [-0.4, -0.2) is 38.7 Å². The van der Waals surface area contributed by atoms with Crippen LogP contribution in [-0.2, 0) is 17.8 Å². The maximum Gasteiger partial charge on any atom is 0.219 e. The van der Waals surface area contributed by atoms with Crippen LogP contribution in [0.3, 0.4) is 0 Å². The molecule has 1 amide bonds. The van der Waals surface area contributed by atoms with Gasteiger partial charge in [-0.1, -0.05) is 0 Å². The Bertz CT molecular complexity index is 432. The van der Waals surface area contributed by atoms with Gasteiger partial charge in [0.15, 0.2) is 0 Å². The van der Waals surface area contributed by atoms with Crippen LogP contribution in [0.1, 0.15) is 43.8 Å². The Hall–Kier alpha value is -1.39. The van der Waals surface area contributed by atoms with E-state index in [1.165, 1.54) is 6.42 Å². The maximum atomic E-state index is 11.3. The van der Waals surface area contributed by atoms with Gasteiger partial charge >= 0.3 is 0 Å². The molecular formula is C12H18N4O. The highest BCUT2D eigenvalue weighted by Crippen LogP contribution is 2.29. The number of amides is 1. The molecule has 2 aliphatic heterocycles. The molecule has 17 heavy (non-hydrogen) atoms. The Morgan fingerprint density at radius 3 is 2.71 bits per heavy atom. The van der Waals surface area contributed by atoms with E-state index in [4.69, 9.17) is 0 Å². The summed E-state index contributed by atoms with van der Waals surface area (Å²) in [7, 11) is 0. The van der Waals surface area contributed by atoms with E-state index in [0.717, 1.165) is 50.5 Å². The highest BCUT2D eigenvalue weighted by molar-refractivity contribution is 5.73. The van der Waals surface area contributed by atoms with Gasteiger partial charge in [-0.3, -0.25) is 4.79 Å². The molecule has 92 valence electrons. The van der Waals surface area contributed by atoms with Gasteiger partial charge in [-0.05, 0) is 19.3 Å². The highest BCUT2D eigenvalue weighted by Gasteiger charge is 2.28.